The molecule has 0 saturated carbocycles. The van der Waals surface area contributed by atoms with E-state index in [1.807, 2.05) is 0 Å². The Hall–Kier alpha value is -2.31. The van der Waals surface area contributed by atoms with Crippen LogP contribution in [0.15, 0.2) is 41.0 Å². The summed E-state index contributed by atoms with van der Waals surface area (Å²) in [5, 5.41) is 6.10. The van der Waals surface area contributed by atoms with Crippen molar-refractivity contribution < 1.29 is 14.0 Å². The Labute approximate surface area is 139 Å². The Bertz CT molecular complexity index is 667. The molecule has 6 nitrogen and oxygen atoms in total. The molecule has 1 aromatic carbocycles. The van der Waals surface area contributed by atoms with Crippen LogP contribution in [0.3, 0.4) is 0 Å². The van der Waals surface area contributed by atoms with Crippen molar-refractivity contribution in [2.24, 2.45) is 5.73 Å². The summed E-state index contributed by atoms with van der Waals surface area (Å²) in [5.41, 5.74) is 6.53. The highest BCUT2D eigenvalue weighted by Gasteiger charge is 2.09. The molecular weight excluding hydrogens is 318 g/mol. The van der Waals surface area contributed by atoms with Gasteiger partial charge in [-0.25, -0.2) is 0 Å². The van der Waals surface area contributed by atoms with E-state index in [2.05, 4.69) is 10.6 Å². The molecule has 0 aliphatic heterocycles. The van der Waals surface area contributed by atoms with Crippen LogP contribution in [0, 0.1) is 0 Å². The number of hydrogen-bond donors (Lipinski definition) is 3. The average Bonchev–Trinajstić information content (AvgIpc) is 3.03. The average molecular weight is 336 g/mol. The van der Waals surface area contributed by atoms with Crippen molar-refractivity contribution >= 4 is 29.1 Å². The first kappa shape index (κ1) is 17.1. The lowest BCUT2D eigenvalue weighted by atomic mass is 10.2. The minimum absolute atomic E-state index is 0.115. The van der Waals surface area contributed by atoms with Gasteiger partial charge in [-0.3, -0.25) is 9.59 Å². The first-order valence-electron chi connectivity index (χ1n) is 7.19. The Morgan fingerprint density at radius 2 is 1.96 bits per heavy atom. The van der Waals surface area contributed by atoms with E-state index in [1.165, 1.54) is 6.26 Å². The summed E-state index contributed by atoms with van der Waals surface area (Å²) in [5.74, 6) is 0.194. The largest absolute Gasteiger partial charge is 0.467 e. The third-order valence-corrected chi connectivity index (χ3v) is 3.36. The normalized spacial score (nSPS) is 10.3. The molecule has 0 bridgehead atoms. The summed E-state index contributed by atoms with van der Waals surface area (Å²) in [4.78, 5) is 23.6. The van der Waals surface area contributed by atoms with Crippen molar-refractivity contribution in [1.82, 2.24) is 5.32 Å². The van der Waals surface area contributed by atoms with Gasteiger partial charge in [-0.05, 0) is 36.8 Å². The Balaban J connectivity index is 1.67. The molecule has 122 valence electrons. The number of amides is 2. The number of benzene rings is 1. The summed E-state index contributed by atoms with van der Waals surface area (Å²) in [6.45, 7) is 0.647. The lowest BCUT2D eigenvalue weighted by molar-refractivity contribution is -0.116. The molecule has 0 radical (unpaired) electrons. The number of nitrogens with one attached hydrogen (secondary N) is 2. The maximum atomic E-state index is 11.8. The number of furan rings is 1. The lowest BCUT2D eigenvalue weighted by Crippen LogP contribution is -2.25. The van der Waals surface area contributed by atoms with Crippen LogP contribution < -0.4 is 16.4 Å². The summed E-state index contributed by atoms with van der Waals surface area (Å²) in [7, 11) is 0. The molecule has 0 saturated heterocycles. The van der Waals surface area contributed by atoms with Crippen LogP contribution in [0.1, 0.15) is 29.0 Å². The van der Waals surface area contributed by atoms with E-state index < -0.39 is 0 Å². The van der Waals surface area contributed by atoms with Crippen molar-refractivity contribution in [3.63, 3.8) is 0 Å². The van der Waals surface area contributed by atoms with Gasteiger partial charge in [0.15, 0.2) is 0 Å². The van der Waals surface area contributed by atoms with E-state index in [0.717, 1.165) is 0 Å². The van der Waals surface area contributed by atoms with Crippen LogP contribution in [0.5, 0.6) is 0 Å². The molecule has 1 heterocycles. The van der Waals surface area contributed by atoms with Crippen molar-refractivity contribution in [1.29, 1.82) is 0 Å². The van der Waals surface area contributed by atoms with Gasteiger partial charge in [0, 0.05) is 23.7 Å². The van der Waals surface area contributed by atoms with E-state index >= 15 is 0 Å². The van der Waals surface area contributed by atoms with Crippen LogP contribution in [-0.2, 0) is 11.3 Å². The SMILES string of the molecule is NCc1cc(C(=O)NCCCC(=O)Nc2ccc(Cl)cc2)co1. The van der Waals surface area contributed by atoms with Crippen molar-refractivity contribution in [2.45, 2.75) is 19.4 Å². The van der Waals surface area contributed by atoms with Gasteiger partial charge >= 0.3 is 0 Å². The maximum Gasteiger partial charge on any atom is 0.254 e. The second-order valence-corrected chi connectivity index (χ2v) is 5.36. The quantitative estimate of drug-likeness (QED) is 0.677. The minimum Gasteiger partial charge on any atom is -0.467 e. The molecule has 2 amide bonds. The van der Waals surface area contributed by atoms with Gasteiger partial charge in [0.25, 0.3) is 5.91 Å². The monoisotopic (exact) mass is 335 g/mol. The molecule has 1 aromatic heterocycles. The smallest absolute Gasteiger partial charge is 0.254 e. The predicted molar refractivity (Wildman–Crippen MR) is 88.2 cm³/mol. The minimum atomic E-state index is -0.244. The van der Waals surface area contributed by atoms with E-state index in [1.54, 1.807) is 30.3 Å². The van der Waals surface area contributed by atoms with Gasteiger partial charge in [-0.2, -0.15) is 0 Å². The van der Waals surface area contributed by atoms with Crippen molar-refractivity contribution in [3.05, 3.63) is 52.9 Å². The summed E-state index contributed by atoms with van der Waals surface area (Å²) in [6.07, 6.45) is 2.21. The van der Waals surface area contributed by atoms with Crippen LogP contribution in [-0.4, -0.2) is 18.4 Å². The second-order valence-electron chi connectivity index (χ2n) is 4.92. The predicted octanol–water partition coefficient (Wildman–Crippen LogP) is 2.54. The number of carbonyl (C=O) groups is 2. The Morgan fingerprint density at radius 1 is 1.22 bits per heavy atom. The number of nitrogens with two attached hydrogens (primary N) is 1. The third kappa shape index (κ3) is 5.43. The van der Waals surface area contributed by atoms with Gasteiger partial charge in [-0.15, -0.1) is 0 Å². The van der Waals surface area contributed by atoms with Crippen LogP contribution in [0.25, 0.3) is 0 Å². The fourth-order valence-corrected chi connectivity index (χ4v) is 2.04. The molecule has 2 rings (SSSR count). The standard InChI is InChI=1S/C16H18ClN3O3/c17-12-3-5-13(6-4-12)20-15(21)2-1-7-19-16(22)11-8-14(9-18)23-10-11/h3-6,8,10H,1-2,7,9,18H2,(H,19,22)(H,20,21). The zero-order chi connectivity index (χ0) is 16.7. The van der Waals surface area contributed by atoms with E-state index in [-0.39, 0.29) is 18.4 Å². The fraction of sp³-hybridized carbons (Fsp3) is 0.250. The zero-order valence-electron chi connectivity index (χ0n) is 12.5. The second kappa shape index (κ2) is 8.36. The van der Waals surface area contributed by atoms with E-state index in [9.17, 15) is 9.59 Å². The first-order chi connectivity index (χ1) is 11.1. The summed E-state index contributed by atoms with van der Waals surface area (Å²) in [6, 6.07) is 8.48. The van der Waals surface area contributed by atoms with Gasteiger partial charge in [0.2, 0.25) is 5.91 Å². The zero-order valence-corrected chi connectivity index (χ0v) is 13.2. The number of anilines is 1. The molecule has 0 atom stereocenters. The van der Waals surface area contributed by atoms with Crippen LogP contribution in [0.2, 0.25) is 5.02 Å². The van der Waals surface area contributed by atoms with Crippen LogP contribution >= 0.6 is 11.6 Å². The molecule has 0 aliphatic rings. The van der Waals surface area contributed by atoms with Gasteiger partial charge < -0.3 is 20.8 Å². The molecule has 7 heteroatoms. The van der Waals surface area contributed by atoms with Crippen LogP contribution in [0.4, 0.5) is 5.69 Å². The van der Waals surface area contributed by atoms with E-state index in [0.29, 0.717) is 41.4 Å². The molecule has 0 fully saturated rings. The number of hydrogen-bond acceptors (Lipinski definition) is 4. The van der Waals surface area contributed by atoms with Gasteiger partial charge in [-0.1, -0.05) is 11.6 Å². The Kier molecular flexibility index (Phi) is 6.19. The molecule has 0 aliphatic carbocycles. The van der Waals surface area contributed by atoms with Gasteiger partial charge in [0.1, 0.15) is 12.0 Å². The molecule has 0 spiro atoms. The topological polar surface area (TPSA) is 97.4 Å². The van der Waals surface area contributed by atoms with Crippen molar-refractivity contribution in [2.75, 3.05) is 11.9 Å². The summed E-state index contributed by atoms with van der Waals surface area (Å²) < 4.78 is 5.09. The van der Waals surface area contributed by atoms with Gasteiger partial charge in [0.05, 0.1) is 12.1 Å². The highest BCUT2D eigenvalue weighted by Crippen LogP contribution is 2.13. The molecule has 0 unspecified atom stereocenters. The first-order valence-corrected chi connectivity index (χ1v) is 7.57. The molecule has 23 heavy (non-hydrogen) atoms. The maximum absolute atomic E-state index is 11.8. The highest BCUT2D eigenvalue weighted by atomic mass is 35.5. The lowest BCUT2D eigenvalue weighted by Gasteiger charge is -2.06. The molecule has 2 aromatic rings. The molecule has 4 N–H and O–H groups in total. The number of carbonyl (C=O) groups excluding carboxylic acids is 2. The van der Waals surface area contributed by atoms with E-state index in [4.69, 9.17) is 21.8 Å². The molecular formula is C16H18ClN3O3. The Morgan fingerprint density at radius 3 is 2.61 bits per heavy atom. The van der Waals surface area contributed by atoms with Crippen molar-refractivity contribution in [3.8, 4) is 0 Å². The number of rotatable bonds is 7. The fourth-order valence-electron chi connectivity index (χ4n) is 1.92. The third-order valence-electron chi connectivity index (χ3n) is 3.11. The highest BCUT2D eigenvalue weighted by molar-refractivity contribution is 6.30. The summed E-state index contributed by atoms with van der Waals surface area (Å²) >= 11 is 5.78. The number of halogens is 1.